The number of hydrogen-bond donors (Lipinski definition) is 1. The number of nitrogens with zero attached hydrogens (tertiary/aromatic N) is 4. The van der Waals surface area contributed by atoms with Gasteiger partial charge in [0.05, 0.1) is 11.6 Å². The zero-order valence-electron chi connectivity index (χ0n) is 19.6. The molecule has 1 aromatic carbocycles. The minimum absolute atomic E-state index is 0.0381. The van der Waals surface area contributed by atoms with Crippen LogP contribution in [0, 0.1) is 17.6 Å². The van der Waals surface area contributed by atoms with Gasteiger partial charge in [0, 0.05) is 44.4 Å². The Morgan fingerprint density at radius 1 is 1.09 bits per heavy atom. The number of rotatable bonds is 4. The molecule has 3 heterocycles. The average Bonchev–Trinajstić information content (AvgIpc) is 3.56. The van der Waals surface area contributed by atoms with Gasteiger partial charge in [-0.25, -0.2) is 8.78 Å². The molecular weight excluding hydrogens is 456 g/mol. The maximum absolute atomic E-state index is 14.5. The lowest BCUT2D eigenvalue weighted by Gasteiger charge is -2.34. The summed E-state index contributed by atoms with van der Waals surface area (Å²) in [6, 6.07) is 3.86. The Hall–Kier alpha value is -3.30. The molecule has 2 saturated heterocycles. The summed E-state index contributed by atoms with van der Waals surface area (Å²) in [5.41, 5.74) is -0.197. The second kappa shape index (κ2) is 9.39. The lowest BCUT2D eigenvalue weighted by Crippen LogP contribution is -2.50. The highest BCUT2D eigenvalue weighted by Gasteiger charge is 2.49. The molecule has 1 N–H and O–H groups in total. The first-order chi connectivity index (χ1) is 16.8. The molecule has 1 saturated carbocycles. The monoisotopic (exact) mass is 485 g/mol. The SMILES string of the molecule is CC(=O)Nc1ccn(C2CCN(C(=O)[C@@H]3C[C@@H]4CCCC[C@@H]4N3C(=O)c3ccc(F)cc3F)C2)n1. The Kier molecular flexibility index (Phi) is 6.29. The molecule has 8 nitrogen and oxygen atoms in total. The van der Waals surface area contributed by atoms with Crippen molar-refractivity contribution in [2.45, 2.75) is 63.6 Å². The minimum Gasteiger partial charge on any atom is -0.339 e. The van der Waals surface area contributed by atoms with Gasteiger partial charge < -0.3 is 15.1 Å². The summed E-state index contributed by atoms with van der Waals surface area (Å²) >= 11 is 0. The predicted molar refractivity (Wildman–Crippen MR) is 123 cm³/mol. The van der Waals surface area contributed by atoms with Crippen LogP contribution in [0.5, 0.6) is 0 Å². The van der Waals surface area contributed by atoms with Crippen LogP contribution in [0.3, 0.4) is 0 Å². The number of carbonyl (C=O) groups excluding carboxylic acids is 3. The highest BCUT2D eigenvalue weighted by atomic mass is 19.1. The maximum Gasteiger partial charge on any atom is 0.257 e. The van der Waals surface area contributed by atoms with E-state index in [1.165, 1.54) is 13.0 Å². The van der Waals surface area contributed by atoms with Crippen LogP contribution in [0.1, 0.15) is 61.8 Å². The Morgan fingerprint density at radius 2 is 1.89 bits per heavy atom. The molecular formula is C25H29F2N5O3. The molecule has 4 atom stereocenters. The molecule has 0 spiro atoms. The molecule has 35 heavy (non-hydrogen) atoms. The normalized spacial score (nSPS) is 26.0. The van der Waals surface area contributed by atoms with Gasteiger partial charge in [-0.05, 0) is 43.7 Å². The summed E-state index contributed by atoms with van der Waals surface area (Å²) in [7, 11) is 0. The minimum atomic E-state index is -0.907. The molecule has 1 aromatic heterocycles. The van der Waals surface area contributed by atoms with Crippen LogP contribution >= 0.6 is 0 Å². The van der Waals surface area contributed by atoms with Gasteiger partial charge in [-0.2, -0.15) is 5.10 Å². The third-order valence-corrected chi connectivity index (χ3v) is 7.53. The fourth-order valence-corrected chi connectivity index (χ4v) is 5.93. The van der Waals surface area contributed by atoms with Crippen molar-refractivity contribution in [3.63, 3.8) is 0 Å². The smallest absolute Gasteiger partial charge is 0.257 e. The number of benzene rings is 1. The van der Waals surface area contributed by atoms with E-state index in [1.54, 1.807) is 26.7 Å². The zero-order chi connectivity index (χ0) is 24.7. The molecule has 1 aliphatic carbocycles. The number of fused-ring (bicyclic) bond motifs is 1. The molecule has 2 aliphatic heterocycles. The highest BCUT2D eigenvalue weighted by Crippen LogP contribution is 2.41. The van der Waals surface area contributed by atoms with E-state index < -0.39 is 23.6 Å². The number of halogens is 2. The van der Waals surface area contributed by atoms with Crippen LogP contribution in [0.4, 0.5) is 14.6 Å². The standard InChI is InChI=1S/C25H29F2N5O3/c1-15(33)28-23-9-11-31(29-23)18-8-10-30(14-18)25(35)22-12-16-4-2-3-5-21(16)32(22)24(34)19-7-6-17(26)13-20(19)27/h6-7,9,11,13,16,18,21-22H,2-5,8,10,12,14H2,1H3,(H,28,29,33)/t16-,18?,21-,22-/m0/s1. The lowest BCUT2D eigenvalue weighted by atomic mass is 9.84. The van der Waals surface area contributed by atoms with Crippen molar-refractivity contribution in [2.24, 2.45) is 5.92 Å². The van der Waals surface area contributed by atoms with E-state index in [0.717, 1.165) is 31.7 Å². The van der Waals surface area contributed by atoms with Crippen LogP contribution in [0.25, 0.3) is 0 Å². The number of anilines is 1. The van der Waals surface area contributed by atoms with Gasteiger partial charge in [0.25, 0.3) is 5.91 Å². The maximum atomic E-state index is 14.5. The fraction of sp³-hybridized carbons (Fsp3) is 0.520. The summed E-state index contributed by atoms with van der Waals surface area (Å²) in [4.78, 5) is 41.8. The van der Waals surface area contributed by atoms with E-state index in [1.807, 2.05) is 0 Å². The van der Waals surface area contributed by atoms with Crippen molar-refractivity contribution in [1.29, 1.82) is 0 Å². The van der Waals surface area contributed by atoms with Gasteiger partial charge in [0.15, 0.2) is 5.82 Å². The van der Waals surface area contributed by atoms with Crippen LogP contribution in [-0.4, -0.2) is 62.5 Å². The van der Waals surface area contributed by atoms with Gasteiger partial charge in [-0.3, -0.25) is 19.1 Å². The van der Waals surface area contributed by atoms with Gasteiger partial charge in [0.1, 0.15) is 17.7 Å². The molecule has 0 radical (unpaired) electrons. The third kappa shape index (κ3) is 4.53. The lowest BCUT2D eigenvalue weighted by molar-refractivity contribution is -0.134. The molecule has 2 aromatic rings. The highest BCUT2D eigenvalue weighted by molar-refractivity contribution is 5.98. The molecule has 5 rings (SSSR count). The van der Waals surface area contributed by atoms with Crippen LogP contribution in [0.15, 0.2) is 30.5 Å². The Balaban J connectivity index is 1.35. The third-order valence-electron chi connectivity index (χ3n) is 7.53. The van der Waals surface area contributed by atoms with Crippen LogP contribution in [0.2, 0.25) is 0 Å². The van der Waals surface area contributed by atoms with Crippen molar-refractivity contribution in [1.82, 2.24) is 19.6 Å². The molecule has 3 aliphatic rings. The first-order valence-corrected chi connectivity index (χ1v) is 12.2. The molecule has 1 unspecified atom stereocenters. The van der Waals surface area contributed by atoms with Gasteiger partial charge in [0.2, 0.25) is 11.8 Å². The molecule has 3 amide bonds. The number of carbonyl (C=O) groups is 3. The number of likely N-dealkylation sites (tertiary alicyclic amines) is 2. The van der Waals surface area contributed by atoms with Crippen molar-refractivity contribution >= 4 is 23.5 Å². The van der Waals surface area contributed by atoms with E-state index in [-0.39, 0.29) is 35.4 Å². The van der Waals surface area contributed by atoms with Crippen molar-refractivity contribution in [2.75, 3.05) is 18.4 Å². The largest absolute Gasteiger partial charge is 0.339 e. The van der Waals surface area contributed by atoms with E-state index in [2.05, 4.69) is 10.4 Å². The second-order valence-corrected chi connectivity index (χ2v) is 9.79. The van der Waals surface area contributed by atoms with Crippen molar-refractivity contribution in [3.8, 4) is 0 Å². The number of aromatic nitrogens is 2. The van der Waals surface area contributed by atoms with Gasteiger partial charge in [-0.15, -0.1) is 0 Å². The van der Waals surface area contributed by atoms with Crippen molar-refractivity contribution < 1.29 is 23.2 Å². The first-order valence-electron chi connectivity index (χ1n) is 12.2. The molecule has 186 valence electrons. The quantitative estimate of drug-likeness (QED) is 0.720. The summed E-state index contributed by atoms with van der Waals surface area (Å²) in [5.74, 6) is -1.87. The topological polar surface area (TPSA) is 87.5 Å². The zero-order valence-corrected chi connectivity index (χ0v) is 19.6. The van der Waals surface area contributed by atoms with Crippen LogP contribution in [-0.2, 0) is 9.59 Å². The van der Waals surface area contributed by atoms with Crippen molar-refractivity contribution in [3.05, 3.63) is 47.7 Å². The Labute approximate surface area is 202 Å². The second-order valence-electron chi connectivity index (χ2n) is 9.79. The van der Waals surface area contributed by atoms with Gasteiger partial charge in [-0.1, -0.05) is 12.8 Å². The summed E-state index contributed by atoms with van der Waals surface area (Å²) < 4.78 is 29.7. The van der Waals surface area contributed by atoms with E-state index in [4.69, 9.17) is 0 Å². The number of amides is 3. The molecule has 0 bridgehead atoms. The fourth-order valence-electron chi connectivity index (χ4n) is 5.93. The van der Waals surface area contributed by atoms with E-state index in [9.17, 15) is 23.2 Å². The van der Waals surface area contributed by atoms with E-state index >= 15 is 0 Å². The summed E-state index contributed by atoms with van der Waals surface area (Å²) in [5, 5.41) is 7.04. The molecule has 3 fully saturated rings. The average molecular weight is 486 g/mol. The van der Waals surface area contributed by atoms with Gasteiger partial charge >= 0.3 is 0 Å². The molecule has 10 heteroatoms. The Morgan fingerprint density at radius 3 is 2.66 bits per heavy atom. The van der Waals surface area contributed by atoms with Crippen LogP contribution < -0.4 is 5.32 Å². The first kappa shape index (κ1) is 23.4. The number of nitrogens with one attached hydrogen (secondary N) is 1. The number of hydrogen-bond acceptors (Lipinski definition) is 4. The summed E-state index contributed by atoms with van der Waals surface area (Å²) in [6.07, 6.45) is 6.77. The Bertz CT molecular complexity index is 1150. The predicted octanol–water partition coefficient (Wildman–Crippen LogP) is 3.37. The summed E-state index contributed by atoms with van der Waals surface area (Å²) in [6.45, 7) is 2.38. The van der Waals surface area contributed by atoms with E-state index in [0.29, 0.717) is 37.8 Å².